The Morgan fingerprint density at radius 1 is 1.18 bits per heavy atom. The second-order valence-electron chi connectivity index (χ2n) is 7.07. The third-order valence-electron chi connectivity index (χ3n) is 5.04. The van der Waals surface area contributed by atoms with Crippen LogP contribution in [0.15, 0.2) is 43.1 Å². The molecule has 1 fully saturated rings. The Bertz CT molecular complexity index is 931. The summed E-state index contributed by atoms with van der Waals surface area (Å²) in [6, 6.07) is 3.79. The summed E-state index contributed by atoms with van der Waals surface area (Å²) < 4.78 is 7.37. The van der Waals surface area contributed by atoms with E-state index in [0.717, 1.165) is 54.5 Å². The Kier molecular flexibility index (Phi) is 5.53. The first-order chi connectivity index (χ1) is 13.7. The van der Waals surface area contributed by atoms with Crippen LogP contribution in [0.1, 0.15) is 36.0 Å². The van der Waals surface area contributed by atoms with E-state index in [4.69, 9.17) is 4.74 Å². The number of rotatable bonds is 6. The minimum Gasteiger partial charge on any atom is -0.381 e. The van der Waals surface area contributed by atoms with Crippen molar-refractivity contribution in [3.8, 4) is 11.3 Å². The van der Waals surface area contributed by atoms with Crippen molar-refractivity contribution >= 4 is 5.78 Å². The van der Waals surface area contributed by atoms with E-state index in [-0.39, 0.29) is 5.78 Å². The van der Waals surface area contributed by atoms with Crippen LogP contribution in [0.3, 0.4) is 0 Å². The molecule has 0 amide bonds. The van der Waals surface area contributed by atoms with Crippen molar-refractivity contribution in [2.75, 3.05) is 13.2 Å². The van der Waals surface area contributed by atoms with Gasteiger partial charge in [0.2, 0.25) is 0 Å². The molecule has 3 aromatic heterocycles. The van der Waals surface area contributed by atoms with E-state index < -0.39 is 0 Å². The zero-order valence-electron chi connectivity index (χ0n) is 15.9. The lowest BCUT2D eigenvalue weighted by atomic mass is 9.97. The second kappa shape index (κ2) is 8.39. The lowest BCUT2D eigenvalue weighted by Crippen LogP contribution is -2.15. The van der Waals surface area contributed by atoms with E-state index >= 15 is 0 Å². The van der Waals surface area contributed by atoms with E-state index in [9.17, 15) is 4.79 Å². The number of aromatic nitrogens is 5. The first-order valence-corrected chi connectivity index (χ1v) is 9.53. The number of hydrogen-bond acceptors (Lipinski definition) is 6. The first kappa shape index (κ1) is 18.4. The van der Waals surface area contributed by atoms with Crippen molar-refractivity contribution in [3.05, 3.63) is 60.3 Å². The molecule has 0 spiro atoms. The fraction of sp³-hybridized carbons (Fsp3) is 0.381. The van der Waals surface area contributed by atoms with Gasteiger partial charge in [-0.05, 0) is 31.9 Å². The Hall–Kier alpha value is -2.93. The molecule has 3 aromatic rings. The molecule has 1 aliphatic rings. The quantitative estimate of drug-likeness (QED) is 0.657. The molecule has 144 valence electrons. The van der Waals surface area contributed by atoms with Gasteiger partial charge >= 0.3 is 0 Å². The number of ether oxygens (including phenoxy) is 1. The van der Waals surface area contributed by atoms with Crippen LogP contribution in [0.5, 0.6) is 0 Å². The number of imidazole rings is 1. The molecule has 7 nitrogen and oxygen atoms in total. The predicted molar refractivity (Wildman–Crippen MR) is 104 cm³/mol. The number of carbonyl (C=O) groups is 1. The Balaban J connectivity index is 1.38. The summed E-state index contributed by atoms with van der Waals surface area (Å²) in [6.45, 7) is 3.83. The van der Waals surface area contributed by atoms with Gasteiger partial charge in [-0.2, -0.15) is 0 Å². The maximum atomic E-state index is 12.5. The van der Waals surface area contributed by atoms with E-state index in [1.54, 1.807) is 24.8 Å². The van der Waals surface area contributed by atoms with Crippen LogP contribution in [-0.2, 0) is 22.5 Å². The topological polar surface area (TPSA) is 82.8 Å². The van der Waals surface area contributed by atoms with Crippen LogP contribution in [-0.4, -0.2) is 43.5 Å². The Morgan fingerprint density at radius 2 is 2.04 bits per heavy atom. The molecule has 0 bridgehead atoms. The van der Waals surface area contributed by atoms with Gasteiger partial charge in [-0.1, -0.05) is 0 Å². The van der Waals surface area contributed by atoms with E-state index in [1.807, 2.05) is 29.8 Å². The van der Waals surface area contributed by atoms with Gasteiger partial charge in [0.05, 0.1) is 30.6 Å². The summed E-state index contributed by atoms with van der Waals surface area (Å²) in [4.78, 5) is 29.9. The number of nitrogens with zero attached hydrogens (tertiary/aromatic N) is 5. The smallest absolute Gasteiger partial charge is 0.158 e. The van der Waals surface area contributed by atoms with E-state index in [0.29, 0.717) is 18.9 Å². The summed E-state index contributed by atoms with van der Waals surface area (Å²) in [5.41, 5.74) is 3.47. The summed E-state index contributed by atoms with van der Waals surface area (Å²) in [5.74, 6) is 1.42. The third-order valence-corrected chi connectivity index (χ3v) is 5.04. The summed E-state index contributed by atoms with van der Waals surface area (Å²) in [6.07, 6.45) is 11.0. The Morgan fingerprint density at radius 3 is 2.75 bits per heavy atom. The number of aryl methyl sites for hydroxylation is 1. The molecule has 0 radical (unpaired) electrons. The van der Waals surface area contributed by atoms with E-state index in [2.05, 4.69) is 19.9 Å². The maximum absolute atomic E-state index is 12.5. The standard InChI is InChI=1S/C21H23N5O2/c1-15-25-21(16-4-8-28-9-5-16)14-26(15)13-19(27)10-18-3-2-17(11-24-18)20-12-22-6-7-23-20/h2-3,6-7,11-12,14,16H,4-5,8-10,13H2,1H3. The van der Waals surface area contributed by atoms with Crippen LogP contribution < -0.4 is 0 Å². The summed E-state index contributed by atoms with van der Waals surface area (Å²) >= 11 is 0. The normalized spacial score (nSPS) is 14.9. The van der Waals surface area contributed by atoms with Gasteiger partial charge in [0, 0.05) is 55.2 Å². The SMILES string of the molecule is Cc1nc(C2CCOCC2)cn1CC(=O)Cc1ccc(-c2cnccn2)cn1. The highest BCUT2D eigenvalue weighted by molar-refractivity contribution is 5.80. The Labute approximate surface area is 163 Å². The fourth-order valence-corrected chi connectivity index (χ4v) is 3.46. The predicted octanol–water partition coefficient (Wildman–Crippen LogP) is 2.75. The molecule has 0 N–H and O–H groups in total. The zero-order chi connectivity index (χ0) is 19.3. The summed E-state index contributed by atoms with van der Waals surface area (Å²) in [7, 11) is 0. The zero-order valence-corrected chi connectivity index (χ0v) is 15.9. The molecule has 1 saturated heterocycles. The highest BCUT2D eigenvalue weighted by Crippen LogP contribution is 2.26. The van der Waals surface area contributed by atoms with E-state index in [1.165, 1.54) is 0 Å². The number of hydrogen-bond donors (Lipinski definition) is 0. The average molecular weight is 377 g/mol. The van der Waals surface area contributed by atoms with Gasteiger partial charge in [0.15, 0.2) is 5.78 Å². The largest absolute Gasteiger partial charge is 0.381 e. The molecular formula is C21H23N5O2. The number of pyridine rings is 1. The van der Waals surface area contributed by atoms with Crippen LogP contribution in [0.4, 0.5) is 0 Å². The van der Waals surface area contributed by atoms with Crippen molar-refractivity contribution in [3.63, 3.8) is 0 Å². The van der Waals surface area contributed by atoms with Gasteiger partial charge in [0.25, 0.3) is 0 Å². The highest BCUT2D eigenvalue weighted by atomic mass is 16.5. The molecule has 28 heavy (non-hydrogen) atoms. The van der Waals surface area contributed by atoms with Gasteiger partial charge < -0.3 is 9.30 Å². The van der Waals surface area contributed by atoms with Crippen molar-refractivity contribution in [2.24, 2.45) is 0 Å². The van der Waals surface area contributed by atoms with Gasteiger partial charge in [-0.3, -0.25) is 19.7 Å². The summed E-state index contributed by atoms with van der Waals surface area (Å²) in [5, 5.41) is 0. The van der Waals surface area contributed by atoms with Crippen molar-refractivity contribution in [1.82, 2.24) is 24.5 Å². The lowest BCUT2D eigenvalue weighted by Gasteiger charge is -2.19. The van der Waals surface area contributed by atoms with Gasteiger partial charge in [-0.15, -0.1) is 0 Å². The van der Waals surface area contributed by atoms with Crippen LogP contribution >= 0.6 is 0 Å². The molecule has 7 heteroatoms. The number of ketones is 1. The fourth-order valence-electron chi connectivity index (χ4n) is 3.46. The van der Waals surface area contributed by atoms with Crippen molar-refractivity contribution < 1.29 is 9.53 Å². The van der Waals surface area contributed by atoms with Crippen molar-refractivity contribution in [1.29, 1.82) is 0 Å². The molecule has 0 aromatic carbocycles. The average Bonchev–Trinajstić information content (AvgIpc) is 3.10. The second-order valence-corrected chi connectivity index (χ2v) is 7.07. The van der Waals surface area contributed by atoms with Crippen LogP contribution in [0.25, 0.3) is 11.3 Å². The molecule has 4 rings (SSSR count). The number of Topliss-reactive ketones (excluding diaryl/α,β-unsaturated/α-hetero) is 1. The monoisotopic (exact) mass is 377 g/mol. The molecule has 0 saturated carbocycles. The van der Waals surface area contributed by atoms with Crippen LogP contribution in [0, 0.1) is 6.92 Å². The molecule has 4 heterocycles. The van der Waals surface area contributed by atoms with Crippen molar-refractivity contribution in [2.45, 2.75) is 38.6 Å². The first-order valence-electron chi connectivity index (χ1n) is 9.53. The maximum Gasteiger partial charge on any atom is 0.158 e. The lowest BCUT2D eigenvalue weighted by molar-refractivity contribution is -0.119. The molecule has 0 unspecified atom stereocenters. The molecule has 0 atom stereocenters. The third kappa shape index (κ3) is 4.31. The van der Waals surface area contributed by atoms with Crippen LogP contribution in [0.2, 0.25) is 0 Å². The minimum atomic E-state index is 0.110. The molecular weight excluding hydrogens is 354 g/mol. The minimum absolute atomic E-state index is 0.110. The van der Waals surface area contributed by atoms with Gasteiger partial charge in [-0.25, -0.2) is 4.98 Å². The van der Waals surface area contributed by atoms with Gasteiger partial charge in [0.1, 0.15) is 5.82 Å². The molecule has 0 aliphatic carbocycles. The number of carbonyl (C=O) groups excluding carboxylic acids is 1. The highest BCUT2D eigenvalue weighted by Gasteiger charge is 2.20. The molecule has 1 aliphatic heterocycles.